The maximum Gasteiger partial charge on any atom is 0.342 e. The third-order valence-corrected chi connectivity index (χ3v) is 3.56. The van der Waals surface area contributed by atoms with Gasteiger partial charge in [0.2, 0.25) is 5.78 Å². The maximum atomic E-state index is 13.3. The van der Waals surface area contributed by atoms with Crippen molar-refractivity contribution in [2.24, 2.45) is 0 Å². The zero-order valence-corrected chi connectivity index (χ0v) is 13.4. The number of furan rings is 1. The number of hydrogen-bond donors (Lipinski definition) is 0. The minimum atomic E-state index is -0.652. The van der Waals surface area contributed by atoms with E-state index >= 15 is 0 Å². The van der Waals surface area contributed by atoms with Crippen molar-refractivity contribution in [2.75, 3.05) is 13.7 Å². The summed E-state index contributed by atoms with van der Waals surface area (Å²) in [5.41, 5.74) is 1.00. The molecule has 0 saturated heterocycles. The van der Waals surface area contributed by atoms with Gasteiger partial charge in [0, 0.05) is 5.56 Å². The molecule has 0 unspecified atom stereocenters. The van der Waals surface area contributed by atoms with Crippen LogP contribution in [0.3, 0.4) is 0 Å². The van der Waals surface area contributed by atoms with E-state index in [9.17, 15) is 14.0 Å². The molecule has 2 rings (SSSR count). The van der Waals surface area contributed by atoms with Crippen LogP contribution >= 0.6 is 0 Å². The summed E-state index contributed by atoms with van der Waals surface area (Å²) in [6.45, 7) is 4.61. The number of carbonyl (C=O) groups is 2. The Hall–Kier alpha value is -2.63. The number of Topliss-reactive ketones (excluding diaryl/α,β-unsaturated/α-hetero) is 1. The Labute approximate surface area is 133 Å². The molecule has 1 heterocycles. The predicted molar refractivity (Wildman–Crippen MR) is 80.5 cm³/mol. The van der Waals surface area contributed by atoms with E-state index in [0.29, 0.717) is 22.6 Å². The van der Waals surface area contributed by atoms with Crippen LogP contribution in [-0.4, -0.2) is 25.5 Å². The van der Waals surface area contributed by atoms with Crippen LogP contribution < -0.4 is 4.74 Å². The molecule has 0 radical (unpaired) electrons. The van der Waals surface area contributed by atoms with E-state index in [1.54, 1.807) is 20.8 Å². The number of esters is 1. The van der Waals surface area contributed by atoms with E-state index in [-0.39, 0.29) is 11.3 Å². The van der Waals surface area contributed by atoms with Crippen molar-refractivity contribution in [2.45, 2.75) is 20.8 Å². The molecule has 1 aromatic heterocycles. The molecular weight excluding hydrogens is 303 g/mol. The van der Waals surface area contributed by atoms with Crippen molar-refractivity contribution < 1.29 is 27.9 Å². The summed E-state index contributed by atoms with van der Waals surface area (Å²) in [7, 11) is 1.37. The Morgan fingerprint density at radius 2 is 1.87 bits per heavy atom. The second-order valence-electron chi connectivity index (χ2n) is 5.06. The van der Waals surface area contributed by atoms with Crippen LogP contribution in [0.15, 0.2) is 22.6 Å². The Kier molecular flexibility index (Phi) is 4.83. The topological polar surface area (TPSA) is 65.7 Å². The lowest BCUT2D eigenvalue weighted by Gasteiger charge is -2.08. The van der Waals surface area contributed by atoms with Crippen LogP contribution in [0.25, 0.3) is 0 Å². The average Bonchev–Trinajstić information content (AvgIpc) is 2.77. The van der Waals surface area contributed by atoms with Gasteiger partial charge in [0.05, 0.1) is 12.7 Å². The molecule has 0 N–H and O–H groups in total. The Bertz CT molecular complexity index is 761. The smallest absolute Gasteiger partial charge is 0.342 e. The second kappa shape index (κ2) is 6.64. The molecule has 0 aliphatic carbocycles. The standard InChI is InChI=1S/C17H17FO5/c1-9-10(2)23-11(3)16(9)17(20)22-8-14(19)13-7-12(18)5-6-15(13)21-4/h5-7H,8H2,1-4H3. The van der Waals surface area contributed by atoms with E-state index in [4.69, 9.17) is 13.9 Å². The molecule has 0 bridgehead atoms. The van der Waals surface area contributed by atoms with Crippen molar-refractivity contribution in [1.82, 2.24) is 0 Å². The highest BCUT2D eigenvalue weighted by Crippen LogP contribution is 2.23. The first kappa shape index (κ1) is 16.7. The summed E-state index contributed by atoms with van der Waals surface area (Å²) < 4.78 is 28.7. The number of halogens is 1. The largest absolute Gasteiger partial charge is 0.496 e. The number of hydrogen-bond acceptors (Lipinski definition) is 5. The molecule has 0 saturated carbocycles. The van der Waals surface area contributed by atoms with Gasteiger partial charge in [0.25, 0.3) is 0 Å². The highest BCUT2D eigenvalue weighted by atomic mass is 19.1. The van der Waals surface area contributed by atoms with Crippen LogP contribution in [0.5, 0.6) is 5.75 Å². The van der Waals surface area contributed by atoms with E-state index in [1.165, 1.54) is 19.2 Å². The molecule has 0 aliphatic rings. The number of benzene rings is 1. The van der Waals surface area contributed by atoms with Crippen molar-refractivity contribution >= 4 is 11.8 Å². The quantitative estimate of drug-likeness (QED) is 0.624. The molecule has 23 heavy (non-hydrogen) atoms. The Balaban J connectivity index is 2.13. The number of ketones is 1. The number of aryl methyl sites for hydroxylation is 2. The zero-order valence-electron chi connectivity index (χ0n) is 13.4. The fourth-order valence-electron chi connectivity index (χ4n) is 2.27. The third kappa shape index (κ3) is 3.41. The number of rotatable bonds is 5. The minimum Gasteiger partial charge on any atom is -0.496 e. The molecule has 0 aliphatic heterocycles. The van der Waals surface area contributed by atoms with Gasteiger partial charge in [0.1, 0.15) is 28.7 Å². The molecular formula is C17H17FO5. The van der Waals surface area contributed by atoms with Crippen LogP contribution in [0, 0.1) is 26.6 Å². The van der Waals surface area contributed by atoms with E-state index < -0.39 is 24.2 Å². The summed E-state index contributed by atoms with van der Waals surface area (Å²) in [5, 5.41) is 0. The van der Waals surface area contributed by atoms with Crippen LogP contribution in [0.2, 0.25) is 0 Å². The average molecular weight is 320 g/mol. The van der Waals surface area contributed by atoms with Gasteiger partial charge >= 0.3 is 5.97 Å². The van der Waals surface area contributed by atoms with Gasteiger partial charge in [-0.1, -0.05) is 0 Å². The first-order chi connectivity index (χ1) is 10.8. The van der Waals surface area contributed by atoms with Gasteiger partial charge in [-0.2, -0.15) is 0 Å². The van der Waals surface area contributed by atoms with Gasteiger partial charge in [-0.3, -0.25) is 4.79 Å². The molecule has 122 valence electrons. The summed E-state index contributed by atoms with van der Waals surface area (Å²) >= 11 is 0. The third-order valence-electron chi connectivity index (χ3n) is 3.56. The molecule has 2 aromatic rings. The lowest BCUT2D eigenvalue weighted by Crippen LogP contribution is -2.16. The van der Waals surface area contributed by atoms with E-state index in [0.717, 1.165) is 6.07 Å². The summed E-state index contributed by atoms with van der Waals surface area (Å²) in [5.74, 6) is -0.504. The highest BCUT2D eigenvalue weighted by molar-refractivity contribution is 6.01. The number of carbonyl (C=O) groups excluding carboxylic acids is 2. The first-order valence-corrected chi connectivity index (χ1v) is 6.95. The van der Waals surface area contributed by atoms with Crippen molar-refractivity contribution in [3.05, 3.63) is 52.2 Å². The van der Waals surface area contributed by atoms with E-state index in [1.807, 2.05) is 0 Å². The fraction of sp³-hybridized carbons (Fsp3) is 0.294. The summed E-state index contributed by atoms with van der Waals surface area (Å²) in [6.07, 6.45) is 0. The Morgan fingerprint density at radius 1 is 1.17 bits per heavy atom. The van der Waals surface area contributed by atoms with Crippen LogP contribution in [0.4, 0.5) is 4.39 Å². The molecule has 0 fully saturated rings. The number of methoxy groups -OCH3 is 1. The van der Waals surface area contributed by atoms with Gasteiger partial charge in [-0.15, -0.1) is 0 Å². The fourth-order valence-corrected chi connectivity index (χ4v) is 2.27. The monoisotopic (exact) mass is 320 g/mol. The predicted octanol–water partition coefficient (Wildman–Crippen LogP) is 3.39. The maximum absolute atomic E-state index is 13.3. The van der Waals surface area contributed by atoms with Gasteiger partial charge < -0.3 is 13.9 Å². The molecule has 0 spiro atoms. The normalized spacial score (nSPS) is 10.5. The van der Waals surface area contributed by atoms with E-state index in [2.05, 4.69) is 0 Å². The molecule has 1 aromatic carbocycles. The zero-order chi connectivity index (χ0) is 17.1. The summed E-state index contributed by atoms with van der Waals surface area (Å²) in [4.78, 5) is 24.3. The molecule has 5 nitrogen and oxygen atoms in total. The molecule has 0 amide bonds. The lowest BCUT2D eigenvalue weighted by atomic mass is 10.1. The van der Waals surface area contributed by atoms with Crippen molar-refractivity contribution in [1.29, 1.82) is 0 Å². The van der Waals surface area contributed by atoms with Crippen molar-refractivity contribution in [3.8, 4) is 5.75 Å². The number of ether oxygens (including phenoxy) is 2. The molecule has 0 atom stereocenters. The molecule has 6 heteroatoms. The van der Waals surface area contributed by atoms with Crippen molar-refractivity contribution in [3.63, 3.8) is 0 Å². The first-order valence-electron chi connectivity index (χ1n) is 6.95. The minimum absolute atomic E-state index is 0.0251. The van der Waals surface area contributed by atoms with Crippen LogP contribution in [0.1, 0.15) is 37.8 Å². The highest BCUT2D eigenvalue weighted by Gasteiger charge is 2.22. The van der Waals surface area contributed by atoms with Gasteiger partial charge in [0.15, 0.2) is 6.61 Å². The SMILES string of the molecule is COc1ccc(F)cc1C(=O)COC(=O)c1c(C)oc(C)c1C. The van der Waals surface area contributed by atoms with Gasteiger partial charge in [-0.25, -0.2) is 9.18 Å². The van der Waals surface area contributed by atoms with Crippen LogP contribution in [-0.2, 0) is 4.74 Å². The lowest BCUT2D eigenvalue weighted by molar-refractivity contribution is 0.0471. The second-order valence-corrected chi connectivity index (χ2v) is 5.06. The Morgan fingerprint density at radius 3 is 2.43 bits per heavy atom. The van der Waals surface area contributed by atoms with Gasteiger partial charge in [-0.05, 0) is 39.0 Å². The summed E-state index contributed by atoms with van der Waals surface area (Å²) in [6, 6.07) is 3.58.